The number of anilines is 1. The summed E-state index contributed by atoms with van der Waals surface area (Å²) in [6, 6.07) is 13.0. The van der Waals surface area contributed by atoms with Gasteiger partial charge in [0.1, 0.15) is 0 Å². The first kappa shape index (κ1) is 20.1. The van der Waals surface area contributed by atoms with Gasteiger partial charge < -0.3 is 15.1 Å². The molecule has 1 N–H and O–H groups in total. The summed E-state index contributed by atoms with van der Waals surface area (Å²) in [5.41, 5.74) is 3.06. The SMILES string of the molecule is CN=C(Nc1ccccc1C=O)N1CCN(C(=O)c2ccc(Br)c(C)c2)CC1. The van der Waals surface area contributed by atoms with E-state index in [1.165, 1.54) is 0 Å². The molecular weight excluding hydrogens is 420 g/mol. The number of rotatable bonds is 3. The van der Waals surface area contributed by atoms with Gasteiger partial charge in [0.15, 0.2) is 12.2 Å². The minimum Gasteiger partial charge on any atom is -0.339 e. The summed E-state index contributed by atoms with van der Waals surface area (Å²) in [4.78, 5) is 32.3. The highest BCUT2D eigenvalue weighted by molar-refractivity contribution is 9.10. The van der Waals surface area contributed by atoms with E-state index >= 15 is 0 Å². The van der Waals surface area contributed by atoms with E-state index in [1.807, 2.05) is 48.2 Å². The minimum absolute atomic E-state index is 0.0458. The van der Waals surface area contributed by atoms with Gasteiger partial charge in [0.05, 0.1) is 5.69 Å². The number of hydrogen-bond donors (Lipinski definition) is 1. The molecule has 0 spiro atoms. The highest BCUT2D eigenvalue weighted by Gasteiger charge is 2.24. The van der Waals surface area contributed by atoms with E-state index in [4.69, 9.17) is 0 Å². The molecular formula is C21H23BrN4O2. The number of carbonyl (C=O) groups excluding carboxylic acids is 2. The minimum atomic E-state index is 0.0458. The average molecular weight is 443 g/mol. The number of aliphatic imine (C=N–C) groups is 1. The molecule has 2 aromatic rings. The quantitative estimate of drug-likeness (QED) is 0.449. The fraction of sp³-hybridized carbons (Fsp3) is 0.286. The van der Waals surface area contributed by atoms with Crippen molar-refractivity contribution in [2.24, 2.45) is 4.99 Å². The first-order valence-corrected chi connectivity index (χ1v) is 9.91. The predicted molar refractivity (Wildman–Crippen MR) is 115 cm³/mol. The van der Waals surface area contributed by atoms with Crippen molar-refractivity contribution < 1.29 is 9.59 Å². The van der Waals surface area contributed by atoms with Crippen molar-refractivity contribution in [3.8, 4) is 0 Å². The number of piperazine rings is 1. The third kappa shape index (κ3) is 4.42. The number of nitrogens with one attached hydrogen (secondary N) is 1. The molecule has 3 rings (SSSR count). The lowest BCUT2D eigenvalue weighted by Crippen LogP contribution is -2.52. The third-order valence-corrected chi connectivity index (χ3v) is 5.71. The van der Waals surface area contributed by atoms with Crippen molar-refractivity contribution in [1.82, 2.24) is 9.80 Å². The van der Waals surface area contributed by atoms with E-state index in [1.54, 1.807) is 13.1 Å². The number of aryl methyl sites for hydroxylation is 1. The van der Waals surface area contributed by atoms with Gasteiger partial charge in [-0.15, -0.1) is 0 Å². The van der Waals surface area contributed by atoms with Crippen LogP contribution < -0.4 is 5.32 Å². The Hall–Kier alpha value is -2.67. The van der Waals surface area contributed by atoms with E-state index < -0.39 is 0 Å². The van der Waals surface area contributed by atoms with E-state index in [2.05, 4.69) is 31.1 Å². The first-order valence-electron chi connectivity index (χ1n) is 9.12. The first-order chi connectivity index (χ1) is 13.5. The highest BCUT2D eigenvalue weighted by atomic mass is 79.9. The Morgan fingerprint density at radius 1 is 1.11 bits per heavy atom. The van der Waals surface area contributed by atoms with Gasteiger partial charge in [-0.1, -0.05) is 28.1 Å². The number of para-hydroxylation sites is 1. The van der Waals surface area contributed by atoms with Gasteiger partial charge in [0.25, 0.3) is 5.91 Å². The van der Waals surface area contributed by atoms with Crippen molar-refractivity contribution in [1.29, 1.82) is 0 Å². The molecule has 1 fully saturated rings. The number of benzene rings is 2. The molecule has 0 atom stereocenters. The van der Waals surface area contributed by atoms with Crippen LogP contribution in [0.15, 0.2) is 51.9 Å². The fourth-order valence-corrected chi connectivity index (χ4v) is 3.44. The molecule has 28 heavy (non-hydrogen) atoms. The number of nitrogens with zero attached hydrogens (tertiary/aromatic N) is 3. The highest BCUT2D eigenvalue weighted by Crippen LogP contribution is 2.19. The van der Waals surface area contributed by atoms with Gasteiger partial charge in [-0.2, -0.15) is 0 Å². The second kappa shape index (κ2) is 9.01. The molecule has 0 unspecified atom stereocenters. The summed E-state index contributed by atoms with van der Waals surface area (Å²) in [5, 5.41) is 3.24. The molecule has 1 amide bonds. The molecule has 6 nitrogen and oxygen atoms in total. The molecule has 7 heteroatoms. The Kier molecular flexibility index (Phi) is 6.46. The molecule has 0 aliphatic carbocycles. The summed E-state index contributed by atoms with van der Waals surface area (Å²) in [6.45, 7) is 4.55. The normalized spacial score (nSPS) is 14.8. The van der Waals surface area contributed by atoms with E-state index in [-0.39, 0.29) is 5.91 Å². The maximum Gasteiger partial charge on any atom is 0.253 e. The summed E-state index contributed by atoms with van der Waals surface area (Å²) in [7, 11) is 1.72. The summed E-state index contributed by atoms with van der Waals surface area (Å²) in [6.07, 6.45) is 0.826. The predicted octanol–water partition coefficient (Wildman–Crippen LogP) is 3.43. The molecule has 0 bridgehead atoms. The molecule has 1 saturated heterocycles. The number of aldehydes is 1. The lowest BCUT2D eigenvalue weighted by atomic mass is 10.1. The Morgan fingerprint density at radius 2 is 1.79 bits per heavy atom. The summed E-state index contributed by atoms with van der Waals surface area (Å²) >= 11 is 3.47. The zero-order valence-electron chi connectivity index (χ0n) is 16.0. The maximum atomic E-state index is 12.8. The monoisotopic (exact) mass is 442 g/mol. The smallest absolute Gasteiger partial charge is 0.253 e. The third-order valence-electron chi connectivity index (χ3n) is 4.82. The molecule has 1 heterocycles. The Morgan fingerprint density at radius 3 is 2.43 bits per heavy atom. The fourth-order valence-electron chi connectivity index (χ4n) is 3.19. The number of guanidine groups is 1. The summed E-state index contributed by atoms with van der Waals surface area (Å²) in [5.74, 6) is 0.741. The molecule has 0 radical (unpaired) electrons. The van der Waals surface area contributed by atoms with Gasteiger partial charge in [-0.25, -0.2) is 0 Å². The van der Waals surface area contributed by atoms with Crippen molar-refractivity contribution in [2.75, 3.05) is 38.5 Å². The van der Waals surface area contributed by atoms with Crippen LogP contribution in [0, 0.1) is 6.92 Å². The molecule has 1 aliphatic rings. The van der Waals surface area contributed by atoms with Crippen LogP contribution in [0.4, 0.5) is 5.69 Å². The topological polar surface area (TPSA) is 65.0 Å². The van der Waals surface area contributed by atoms with Crippen LogP contribution in [0.3, 0.4) is 0 Å². The number of hydrogen-bond acceptors (Lipinski definition) is 3. The van der Waals surface area contributed by atoms with Crippen LogP contribution in [-0.2, 0) is 0 Å². The van der Waals surface area contributed by atoms with Crippen molar-refractivity contribution in [3.63, 3.8) is 0 Å². The van der Waals surface area contributed by atoms with Crippen LogP contribution in [0.5, 0.6) is 0 Å². The zero-order valence-corrected chi connectivity index (χ0v) is 17.6. The van der Waals surface area contributed by atoms with E-state index in [9.17, 15) is 9.59 Å². The standard InChI is InChI=1S/C21H23BrN4O2/c1-15-13-16(7-8-18(15)22)20(28)25-9-11-26(12-10-25)21(23-2)24-19-6-4-3-5-17(19)14-27/h3-8,13-14H,9-12H2,1-2H3,(H,23,24). The largest absolute Gasteiger partial charge is 0.339 e. The Bertz CT molecular complexity index is 905. The van der Waals surface area contributed by atoms with Crippen LogP contribution >= 0.6 is 15.9 Å². The molecule has 0 saturated carbocycles. The molecule has 0 aromatic heterocycles. The van der Waals surface area contributed by atoms with Crippen LogP contribution in [0.25, 0.3) is 0 Å². The van der Waals surface area contributed by atoms with Gasteiger partial charge in [-0.05, 0) is 42.8 Å². The van der Waals surface area contributed by atoms with E-state index in [0.717, 1.165) is 22.0 Å². The Labute approximate surface area is 173 Å². The molecule has 146 valence electrons. The van der Waals surface area contributed by atoms with Gasteiger partial charge in [-0.3, -0.25) is 14.6 Å². The van der Waals surface area contributed by atoms with Gasteiger partial charge >= 0.3 is 0 Å². The van der Waals surface area contributed by atoms with Gasteiger partial charge in [0.2, 0.25) is 0 Å². The lowest BCUT2D eigenvalue weighted by molar-refractivity contribution is 0.0691. The second-order valence-corrected chi connectivity index (χ2v) is 7.47. The van der Waals surface area contributed by atoms with Gasteiger partial charge in [0, 0.05) is 48.8 Å². The number of carbonyl (C=O) groups is 2. The maximum absolute atomic E-state index is 12.8. The van der Waals surface area contributed by atoms with Crippen LogP contribution in [-0.4, -0.2) is 61.2 Å². The average Bonchev–Trinajstić information content (AvgIpc) is 2.74. The number of amides is 1. The Balaban J connectivity index is 1.64. The van der Waals surface area contributed by atoms with Crippen LogP contribution in [0.2, 0.25) is 0 Å². The number of halogens is 1. The lowest BCUT2D eigenvalue weighted by Gasteiger charge is -2.36. The molecule has 2 aromatic carbocycles. The zero-order chi connectivity index (χ0) is 20.1. The van der Waals surface area contributed by atoms with Crippen molar-refractivity contribution >= 4 is 39.8 Å². The van der Waals surface area contributed by atoms with Crippen molar-refractivity contribution in [3.05, 3.63) is 63.6 Å². The summed E-state index contributed by atoms with van der Waals surface area (Å²) < 4.78 is 0.999. The molecule has 1 aliphatic heterocycles. The van der Waals surface area contributed by atoms with Crippen molar-refractivity contribution in [2.45, 2.75) is 6.92 Å². The van der Waals surface area contributed by atoms with E-state index in [0.29, 0.717) is 43.3 Å². The van der Waals surface area contributed by atoms with Crippen LogP contribution in [0.1, 0.15) is 26.3 Å². The second-order valence-electron chi connectivity index (χ2n) is 6.62.